The van der Waals surface area contributed by atoms with Crippen molar-refractivity contribution in [3.05, 3.63) is 59.1 Å². The number of aromatic nitrogens is 1. The Balaban J connectivity index is 1.85. The minimum absolute atomic E-state index is 0.321. The molecule has 22 heavy (non-hydrogen) atoms. The van der Waals surface area contributed by atoms with Gasteiger partial charge in [-0.15, -0.1) is 0 Å². The van der Waals surface area contributed by atoms with Gasteiger partial charge >= 0.3 is 0 Å². The second-order valence-corrected chi connectivity index (χ2v) is 5.99. The van der Waals surface area contributed by atoms with E-state index < -0.39 is 5.60 Å². The van der Waals surface area contributed by atoms with E-state index in [1.165, 1.54) is 0 Å². The van der Waals surface area contributed by atoms with Crippen molar-refractivity contribution in [1.29, 1.82) is 0 Å². The Labute approximate surface area is 133 Å². The van der Waals surface area contributed by atoms with Crippen LogP contribution in [0.5, 0.6) is 0 Å². The lowest BCUT2D eigenvalue weighted by Crippen LogP contribution is -2.30. The number of fused-ring (bicyclic) bond motifs is 1. The topological polar surface area (TPSA) is 58.3 Å². The number of furan rings is 1. The van der Waals surface area contributed by atoms with Crippen LogP contribution in [-0.4, -0.2) is 16.6 Å². The van der Waals surface area contributed by atoms with E-state index in [2.05, 4.69) is 10.3 Å². The minimum atomic E-state index is -1.10. The number of nitrogens with one attached hydrogen (secondary N) is 1. The van der Waals surface area contributed by atoms with Crippen LogP contribution in [0.15, 0.2) is 47.0 Å². The third kappa shape index (κ3) is 2.93. The van der Waals surface area contributed by atoms with E-state index in [1.807, 2.05) is 37.3 Å². The molecule has 0 aliphatic carbocycles. The van der Waals surface area contributed by atoms with Gasteiger partial charge in [-0.25, -0.2) is 0 Å². The van der Waals surface area contributed by atoms with Crippen LogP contribution in [0, 0.1) is 6.92 Å². The number of nitrogens with zero attached hydrogens (tertiary/aromatic N) is 1. The molecule has 1 unspecified atom stereocenters. The van der Waals surface area contributed by atoms with Gasteiger partial charge in [-0.05, 0) is 50.2 Å². The fraction of sp³-hybridized carbons (Fsp3) is 0.235. The summed E-state index contributed by atoms with van der Waals surface area (Å²) >= 11 is 5.99. The van der Waals surface area contributed by atoms with E-state index >= 15 is 0 Å². The second kappa shape index (κ2) is 5.63. The van der Waals surface area contributed by atoms with Gasteiger partial charge in [0.1, 0.15) is 17.1 Å². The summed E-state index contributed by atoms with van der Waals surface area (Å²) in [6.45, 7) is 3.90. The standard InChI is InChI=1S/C17H17ClN2O2/c1-11-3-6-16(22-11)17(2,21)10-20-14-7-8-19-15-9-12(18)4-5-13(14)15/h3-9,21H,10H2,1-2H3,(H,19,20). The molecule has 0 saturated carbocycles. The summed E-state index contributed by atoms with van der Waals surface area (Å²) in [4.78, 5) is 4.30. The molecule has 1 atom stereocenters. The maximum atomic E-state index is 10.6. The Morgan fingerprint density at radius 1 is 1.27 bits per heavy atom. The Bertz CT molecular complexity index is 811. The van der Waals surface area contributed by atoms with E-state index in [4.69, 9.17) is 16.0 Å². The molecular formula is C17H17ClN2O2. The van der Waals surface area contributed by atoms with Gasteiger partial charge in [-0.1, -0.05) is 11.6 Å². The predicted molar refractivity (Wildman–Crippen MR) is 88.3 cm³/mol. The van der Waals surface area contributed by atoms with Crippen molar-refractivity contribution in [3.63, 3.8) is 0 Å². The lowest BCUT2D eigenvalue weighted by molar-refractivity contribution is 0.0468. The van der Waals surface area contributed by atoms with Crippen molar-refractivity contribution >= 4 is 28.2 Å². The highest BCUT2D eigenvalue weighted by atomic mass is 35.5. The van der Waals surface area contributed by atoms with E-state index in [-0.39, 0.29) is 0 Å². The summed E-state index contributed by atoms with van der Waals surface area (Å²) in [5.74, 6) is 1.32. The first kappa shape index (κ1) is 14.9. The van der Waals surface area contributed by atoms with Crippen molar-refractivity contribution < 1.29 is 9.52 Å². The molecule has 114 valence electrons. The van der Waals surface area contributed by atoms with Crippen molar-refractivity contribution in [1.82, 2.24) is 4.98 Å². The fourth-order valence-corrected chi connectivity index (χ4v) is 2.52. The number of pyridine rings is 1. The third-order valence-electron chi connectivity index (χ3n) is 3.60. The van der Waals surface area contributed by atoms with Crippen LogP contribution in [0.4, 0.5) is 5.69 Å². The highest BCUT2D eigenvalue weighted by Gasteiger charge is 2.26. The second-order valence-electron chi connectivity index (χ2n) is 5.56. The first-order chi connectivity index (χ1) is 10.5. The summed E-state index contributed by atoms with van der Waals surface area (Å²) in [6.07, 6.45) is 1.72. The van der Waals surface area contributed by atoms with Gasteiger partial charge in [-0.2, -0.15) is 0 Å². The zero-order valence-electron chi connectivity index (χ0n) is 12.4. The maximum absolute atomic E-state index is 10.6. The van der Waals surface area contributed by atoms with Crippen LogP contribution < -0.4 is 5.32 Å². The van der Waals surface area contributed by atoms with E-state index in [0.29, 0.717) is 17.3 Å². The highest BCUT2D eigenvalue weighted by Crippen LogP contribution is 2.27. The van der Waals surface area contributed by atoms with Crippen LogP contribution in [0.2, 0.25) is 5.02 Å². The van der Waals surface area contributed by atoms with E-state index in [9.17, 15) is 5.11 Å². The van der Waals surface area contributed by atoms with Gasteiger partial charge in [0.15, 0.2) is 0 Å². The van der Waals surface area contributed by atoms with Crippen molar-refractivity contribution in [2.45, 2.75) is 19.4 Å². The average molecular weight is 317 g/mol. The molecule has 2 N–H and O–H groups in total. The van der Waals surface area contributed by atoms with Crippen LogP contribution in [-0.2, 0) is 5.60 Å². The minimum Gasteiger partial charge on any atom is -0.463 e. The molecule has 2 heterocycles. The van der Waals surface area contributed by atoms with Crippen molar-refractivity contribution in [3.8, 4) is 0 Å². The summed E-state index contributed by atoms with van der Waals surface area (Å²) in [6, 6.07) is 11.1. The number of hydrogen-bond acceptors (Lipinski definition) is 4. The van der Waals surface area contributed by atoms with Crippen LogP contribution in [0.1, 0.15) is 18.4 Å². The summed E-state index contributed by atoms with van der Waals surface area (Å²) in [5, 5.41) is 15.5. The first-order valence-electron chi connectivity index (χ1n) is 7.03. The molecule has 0 aliphatic heterocycles. The number of benzene rings is 1. The normalized spacial score (nSPS) is 14.0. The molecule has 4 nitrogen and oxygen atoms in total. The van der Waals surface area contributed by atoms with Crippen LogP contribution in [0.25, 0.3) is 10.9 Å². The lowest BCUT2D eigenvalue weighted by Gasteiger charge is -2.22. The summed E-state index contributed by atoms with van der Waals surface area (Å²) in [7, 11) is 0. The Morgan fingerprint density at radius 3 is 2.82 bits per heavy atom. The molecule has 0 spiro atoms. The third-order valence-corrected chi connectivity index (χ3v) is 3.83. The molecule has 1 aromatic carbocycles. The zero-order chi connectivity index (χ0) is 15.7. The monoisotopic (exact) mass is 316 g/mol. The van der Waals surface area contributed by atoms with Gasteiger partial charge in [-0.3, -0.25) is 4.98 Å². The molecule has 3 aromatic rings. The average Bonchev–Trinajstić information content (AvgIpc) is 2.92. The summed E-state index contributed by atoms with van der Waals surface area (Å²) < 4.78 is 5.52. The Kier molecular flexibility index (Phi) is 3.81. The van der Waals surface area contributed by atoms with Crippen LogP contribution in [0.3, 0.4) is 0 Å². The number of aliphatic hydroxyl groups is 1. The number of rotatable bonds is 4. The molecule has 0 aliphatic rings. The zero-order valence-corrected chi connectivity index (χ0v) is 13.2. The van der Waals surface area contributed by atoms with E-state index in [1.54, 1.807) is 19.2 Å². The molecular weight excluding hydrogens is 300 g/mol. The molecule has 0 bridgehead atoms. The molecule has 3 rings (SSSR count). The van der Waals surface area contributed by atoms with Gasteiger partial charge in [0.2, 0.25) is 0 Å². The van der Waals surface area contributed by atoms with Crippen molar-refractivity contribution in [2.75, 3.05) is 11.9 Å². The molecule has 5 heteroatoms. The summed E-state index contributed by atoms with van der Waals surface area (Å²) in [5.41, 5.74) is 0.604. The largest absolute Gasteiger partial charge is 0.463 e. The number of hydrogen-bond donors (Lipinski definition) is 2. The molecule has 0 amide bonds. The van der Waals surface area contributed by atoms with Crippen LogP contribution >= 0.6 is 11.6 Å². The molecule has 0 saturated heterocycles. The molecule has 0 fully saturated rings. The number of anilines is 1. The Hall–Kier alpha value is -2.04. The van der Waals surface area contributed by atoms with Crippen molar-refractivity contribution in [2.24, 2.45) is 0 Å². The van der Waals surface area contributed by atoms with Gasteiger partial charge < -0.3 is 14.8 Å². The highest BCUT2D eigenvalue weighted by molar-refractivity contribution is 6.31. The number of aryl methyl sites for hydroxylation is 1. The lowest BCUT2D eigenvalue weighted by atomic mass is 10.0. The Morgan fingerprint density at radius 2 is 2.09 bits per heavy atom. The fourth-order valence-electron chi connectivity index (χ4n) is 2.35. The van der Waals surface area contributed by atoms with E-state index in [0.717, 1.165) is 22.4 Å². The first-order valence-corrected chi connectivity index (χ1v) is 7.41. The van der Waals surface area contributed by atoms with Gasteiger partial charge in [0.05, 0.1) is 12.1 Å². The quantitative estimate of drug-likeness (QED) is 0.760. The smallest absolute Gasteiger partial charge is 0.137 e. The maximum Gasteiger partial charge on any atom is 0.137 e. The SMILES string of the molecule is Cc1ccc(C(C)(O)CNc2ccnc3cc(Cl)ccc23)o1. The predicted octanol–water partition coefficient (Wildman–Crippen LogP) is 4.11. The van der Waals surface area contributed by atoms with Gasteiger partial charge in [0.25, 0.3) is 0 Å². The van der Waals surface area contributed by atoms with Gasteiger partial charge in [0, 0.05) is 22.3 Å². The number of halogens is 1. The molecule has 2 aromatic heterocycles. The molecule has 0 radical (unpaired) electrons.